The van der Waals surface area contributed by atoms with E-state index in [0.29, 0.717) is 11.1 Å². The van der Waals surface area contributed by atoms with Crippen LogP contribution in [0.5, 0.6) is 0 Å². The van der Waals surface area contributed by atoms with Crippen LogP contribution in [0.3, 0.4) is 0 Å². The molecule has 0 bridgehead atoms. The number of rotatable bonds is 7. The summed E-state index contributed by atoms with van der Waals surface area (Å²) in [6, 6.07) is 1.88. The molecule has 1 aliphatic rings. The molecule has 1 saturated carbocycles. The molecule has 0 amide bonds. The van der Waals surface area contributed by atoms with Crippen molar-refractivity contribution in [3.8, 4) is 0 Å². The second kappa shape index (κ2) is 6.53. The number of nitrogens with zero attached hydrogens (tertiary/aromatic N) is 4. The molecule has 1 aromatic rings. The first kappa shape index (κ1) is 14.5. The van der Waals surface area contributed by atoms with Gasteiger partial charge in [-0.05, 0) is 46.8 Å². The summed E-state index contributed by atoms with van der Waals surface area (Å²) in [6.07, 6.45) is 3.53. The van der Waals surface area contributed by atoms with Gasteiger partial charge in [-0.2, -0.15) is 0 Å². The summed E-state index contributed by atoms with van der Waals surface area (Å²) in [5.41, 5.74) is 0. The summed E-state index contributed by atoms with van der Waals surface area (Å²) < 4.78 is 0. The molecule has 19 heavy (non-hydrogen) atoms. The molecule has 0 radical (unpaired) electrons. The highest BCUT2D eigenvalue weighted by Gasteiger charge is 2.27. The molecule has 1 fully saturated rings. The van der Waals surface area contributed by atoms with Crippen LogP contribution in [0.4, 0.5) is 5.82 Å². The Bertz CT molecular complexity index is 418. The first-order valence-corrected chi connectivity index (χ1v) is 7.42. The van der Waals surface area contributed by atoms with Crippen molar-refractivity contribution in [3.63, 3.8) is 0 Å². The average Bonchev–Trinajstić information content (AvgIpc) is 3.17. The Kier molecular flexibility index (Phi) is 4.99. The van der Waals surface area contributed by atoms with E-state index < -0.39 is 0 Å². The smallest absolute Gasteiger partial charge is 0.135 e. The number of halogens is 1. The Balaban J connectivity index is 2.04. The summed E-state index contributed by atoms with van der Waals surface area (Å²) in [5, 5.41) is 0.568. The van der Waals surface area contributed by atoms with Gasteiger partial charge in [0.05, 0.1) is 0 Å². The molecule has 0 aromatic carbocycles. The van der Waals surface area contributed by atoms with Crippen molar-refractivity contribution in [3.05, 3.63) is 17.0 Å². The molecule has 4 nitrogen and oxygen atoms in total. The van der Waals surface area contributed by atoms with E-state index in [9.17, 15) is 0 Å². The molecule has 5 heteroatoms. The lowest BCUT2D eigenvalue weighted by Crippen LogP contribution is -2.28. The SMILES string of the molecule is CCN(CCCN(C)C)c1cc(Cl)nc(C2CC2)n1. The van der Waals surface area contributed by atoms with Crippen LogP contribution in [0, 0.1) is 0 Å². The lowest BCUT2D eigenvalue weighted by molar-refractivity contribution is 0.400. The predicted molar refractivity (Wildman–Crippen MR) is 80.1 cm³/mol. The molecule has 0 atom stereocenters. The van der Waals surface area contributed by atoms with Crippen LogP contribution in [-0.4, -0.2) is 48.6 Å². The minimum absolute atomic E-state index is 0.540. The minimum Gasteiger partial charge on any atom is -0.357 e. The third kappa shape index (κ3) is 4.32. The van der Waals surface area contributed by atoms with Crippen molar-refractivity contribution >= 4 is 17.4 Å². The van der Waals surface area contributed by atoms with Crippen molar-refractivity contribution in [1.29, 1.82) is 0 Å². The van der Waals surface area contributed by atoms with Gasteiger partial charge < -0.3 is 9.80 Å². The van der Waals surface area contributed by atoms with Gasteiger partial charge in [-0.3, -0.25) is 0 Å². The van der Waals surface area contributed by atoms with E-state index in [1.54, 1.807) is 0 Å². The van der Waals surface area contributed by atoms with E-state index in [2.05, 4.69) is 40.8 Å². The molecule has 0 aliphatic heterocycles. The topological polar surface area (TPSA) is 32.3 Å². The maximum Gasteiger partial charge on any atom is 0.135 e. The van der Waals surface area contributed by atoms with Gasteiger partial charge in [0.15, 0.2) is 0 Å². The van der Waals surface area contributed by atoms with Gasteiger partial charge in [-0.15, -0.1) is 0 Å². The van der Waals surface area contributed by atoms with Gasteiger partial charge in [0.1, 0.15) is 16.8 Å². The standard InChI is InChI=1S/C14H23ClN4/c1-4-19(9-5-8-18(2)3)13-10-12(15)16-14(17-13)11-6-7-11/h10-11H,4-9H2,1-3H3. The normalized spacial score (nSPS) is 15.0. The van der Waals surface area contributed by atoms with Gasteiger partial charge in [0.25, 0.3) is 0 Å². The van der Waals surface area contributed by atoms with E-state index in [4.69, 9.17) is 11.6 Å². The first-order valence-electron chi connectivity index (χ1n) is 7.04. The van der Waals surface area contributed by atoms with E-state index in [-0.39, 0.29) is 0 Å². The highest BCUT2D eigenvalue weighted by molar-refractivity contribution is 6.29. The molecule has 106 valence electrons. The van der Waals surface area contributed by atoms with Crippen molar-refractivity contribution in [2.45, 2.75) is 32.1 Å². The van der Waals surface area contributed by atoms with Gasteiger partial charge in [-0.1, -0.05) is 11.6 Å². The molecule has 2 rings (SSSR count). The van der Waals surface area contributed by atoms with E-state index >= 15 is 0 Å². The Labute approximate surface area is 120 Å². The molecule has 0 spiro atoms. The largest absolute Gasteiger partial charge is 0.357 e. The zero-order valence-electron chi connectivity index (χ0n) is 12.1. The number of hydrogen-bond donors (Lipinski definition) is 0. The fourth-order valence-electron chi connectivity index (χ4n) is 2.12. The quantitative estimate of drug-likeness (QED) is 0.720. The van der Waals surface area contributed by atoms with E-state index in [0.717, 1.165) is 37.7 Å². The fraction of sp³-hybridized carbons (Fsp3) is 0.714. The number of anilines is 1. The van der Waals surface area contributed by atoms with E-state index in [1.807, 2.05) is 6.07 Å². The third-order valence-electron chi connectivity index (χ3n) is 3.38. The summed E-state index contributed by atoms with van der Waals surface area (Å²) in [5.74, 6) is 2.44. The maximum atomic E-state index is 6.12. The summed E-state index contributed by atoms with van der Waals surface area (Å²) in [4.78, 5) is 13.5. The van der Waals surface area contributed by atoms with Crippen molar-refractivity contribution < 1.29 is 0 Å². The molecule has 1 aliphatic carbocycles. The van der Waals surface area contributed by atoms with Crippen molar-refractivity contribution in [1.82, 2.24) is 14.9 Å². The Morgan fingerprint density at radius 3 is 2.58 bits per heavy atom. The average molecular weight is 283 g/mol. The van der Waals surface area contributed by atoms with Gasteiger partial charge >= 0.3 is 0 Å². The Morgan fingerprint density at radius 1 is 1.26 bits per heavy atom. The van der Waals surface area contributed by atoms with Crippen LogP contribution in [0.2, 0.25) is 5.15 Å². The number of aromatic nitrogens is 2. The van der Waals surface area contributed by atoms with Crippen molar-refractivity contribution in [2.24, 2.45) is 0 Å². The van der Waals surface area contributed by atoms with Crippen LogP contribution in [-0.2, 0) is 0 Å². The predicted octanol–water partition coefficient (Wildman–Crippen LogP) is 2.79. The summed E-state index contributed by atoms with van der Waals surface area (Å²) in [6.45, 7) is 5.20. The summed E-state index contributed by atoms with van der Waals surface area (Å²) >= 11 is 6.12. The van der Waals surface area contributed by atoms with Gasteiger partial charge in [0.2, 0.25) is 0 Å². The molecule has 1 aromatic heterocycles. The van der Waals surface area contributed by atoms with Gasteiger partial charge in [-0.25, -0.2) is 9.97 Å². The second-order valence-corrected chi connectivity index (χ2v) is 5.81. The van der Waals surface area contributed by atoms with Crippen LogP contribution in [0.1, 0.15) is 37.9 Å². The Hall–Kier alpha value is -0.870. The lowest BCUT2D eigenvalue weighted by Gasteiger charge is -2.23. The zero-order chi connectivity index (χ0) is 13.8. The molecule has 0 N–H and O–H groups in total. The zero-order valence-corrected chi connectivity index (χ0v) is 12.8. The molecular weight excluding hydrogens is 260 g/mol. The fourth-order valence-corrected chi connectivity index (χ4v) is 2.31. The molecule has 0 unspecified atom stereocenters. The van der Waals surface area contributed by atoms with Crippen LogP contribution < -0.4 is 4.90 Å². The van der Waals surface area contributed by atoms with Gasteiger partial charge in [0, 0.05) is 25.1 Å². The maximum absolute atomic E-state index is 6.12. The monoisotopic (exact) mass is 282 g/mol. The molecule has 1 heterocycles. The Morgan fingerprint density at radius 2 is 2.00 bits per heavy atom. The molecule has 0 saturated heterocycles. The van der Waals surface area contributed by atoms with Crippen molar-refractivity contribution in [2.75, 3.05) is 38.6 Å². The van der Waals surface area contributed by atoms with Crippen LogP contribution >= 0.6 is 11.6 Å². The number of hydrogen-bond acceptors (Lipinski definition) is 4. The minimum atomic E-state index is 0.540. The molecular formula is C14H23ClN4. The van der Waals surface area contributed by atoms with Crippen LogP contribution in [0.15, 0.2) is 6.07 Å². The third-order valence-corrected chi connectivity index (χ3v) is 3.57. The van der Waals surface area contributed by atoms with Crippen LogP contribution in [0.25, 0.3) is 0 Å². The van der Waals surface area contributed by atoms with E-state index in [1.165, 1.54) is 12.8 Å². The summed E-state index contributed by atoms with van der Waals surface area (Å²) in [7, 11) is 4.20. The first-order chi connectivity index (χ1) is 9.10. The second-order valence-electron chi connectivity index (χ2n) is 5.42. The highest BCUT2D eigenvalue weighted by Crippen LogP contribution is 2.39. The highest BCUT2D eigenvalue weighted by atomic mass is 35.5. The lowest BCUT2D eigenvalue weighted by atomic mass is 10.3.